The summed E-state index contributed by atoms with van der Waals surface area (Å²) in [5.41, 5.74) is -2.26. The Balaban J connectivity index is 2.08. The standard InChI is InChI=1S/C22H22O5/c1-13-10-16-15-11-14(23)4-5-17(15)27-22(12-13)19(25)7-6-18(24)21(16,22)9-8-20(2,3)26/h4-11,16,23,26H,12H2,1-3H3. The number of allylic oxidation sites excluding steroid dienone is 2. The molecule has 4 rings (SSSR count). The number of aliphatic hydroxyl groups is 1. The number of ether oxygens (including phenoxy) is 1. The molecular formula is C22H22O5. The van der Waals surface area contributed by atoms with Gasteiger partial charge >= 0.3 is 0 Å². The largest absolute Gasteiger partial charge is 0.508 e. The van der Waals surface area contributed by atoms with Gasteiger partial charge in [0, 0.05) is 17.9 Å². The van der Waals surface area contributed by atoms with Gasteiger partial charge in [0.2, 0.25) is 5.78 Å². The molecule has 0 fully saturated rings. The number of hydrogen-bond acceptors (Lipinski definition) is 5. The summed E-state index contributed by atoms with van der Waals surface area (Å²) >= 11 is 0. The summed E-state index contributed by atoms with van der Waals surface area (Å²) in [4.78, 5) is 26.4. The van der Waals surface area contributed by atoms with Crippen LogP contribution in [0.3, 0.4) is 0 Å². The lowest BCUT2D eigenvalue weighted by atomic mass is 9.50. The summed E-state index contributed by atoms with van der Waals surface area (Å²) in [5, 5.41) is 20.2. The number of ketones is 2. The van der Waals surface area contributed by atoms with Gasteiger partial charge in [-0.25, -0.2) is 0 Å². The minimum atomic E-state index is -1.39. The van der Waals surface area contributed by atoms with Gasteiger partial charge in [-0.1, -0.05) is 23.8 Å². The van der Waals surface area contributed by atoms with Crippen molar-refractivity contribution in [2.24, 2.45) is 5.41 Å². The number of carbonyl (C=O) groups excluding carboxylic acids is 2. The van der Waals surface area contributed by atoms with E-state index >= 15 is 0 Å². The Morgan fingerprint density at radius 1 is 1.22 bits per heavy atom. The molecule has 1 heterocycles. The zero-order chi connectivity index (χ0) is 19.6. The molecule has 2 aliphatic carbocycles. The third-order valence-corrected chi connectivity index (χ3v) is 5.70. The smallest absolute Gasteiger partial charge is 0.201 e. The molecule has 3 unspecified atom stereocenters. The Hall–Kier alpha value is -2.66. The van der Waals surface area contributed by atoms with E-state index in [-0.39, 0.29) is 23.7 Å². The lowest BCUT2D eigenvalue weighted by Gasteiger charge is -2.56. The highest BCUT2D eigenvalue weighted by Gasteiger charge is 2.69. The van der Waals surface area contributed by atoms with Crippen LogP contribution < -0.4 is 4.74 Å². The number of benzene rings is 1. The fourth-order valence-electron chi connectivity index (χ4n) is 4.55. The normalized spacial score (nSPS) is 32.0. The molecule has 1 aromatic rings. The summed E-state index contributed by atoms with van der Waals surface area (Å²) in [6, 6.07) is 4.72. The van der Waals surface area contributed by atoms with Gasteiger partial charge in [-0.05, 0) is 51.1 Å². The average Bonchev–Trinajstić information content (AvgIpc) is 2.57. The predicted octanol–water partition coefficient (Wildman–Crippen LogP) is 2.98. The molecular weight excluding hydrogens is 344 g/mol. The number of carbonyl (C=O) groups is 2. The molecule has 140 valence electrons. The average molecular weight is 366 g/mol. The lowest BCUT2D eigenvalue weighted by Crippen LogP contribution is -2.67. The Kier molecular flexibility index (Phi) is 3.56. The van der Waals surface area contributed by atoms with Crippen molar-refractivity contribution in [3.8, 4) is 11.5 Å². The highest BCUT2D eigenvalue weighted by atomic mass is 16.5. The Labute approximate surface area is 157 Å². The first-order valence-corrected chi connectivity index (χ1v) is 8.98. The second-order valence-corrected chi connectivity index (χ2v) is 8.24. The van der Waals surface area contributed by atoms with E-state index in [0.29, 0.717) is 11.3 Å². The topological polar surface area (TPSA) is 83.8 Å². The molecule has 27 heavy (non-hydrogen) atoms. The molecule has 3 atom stereocenters. The molecule has 5 heteroatoms. The monoisotopic (exact) mass is 366 g/mol. The maximum absolute atomic E-state index is 13.3. The van der Waals surface area contributed by atoms with Gasteiger partial charge < -0.3 is 14.9 Å². The number of phenols is 1. The van der Waals surface area contributed by atoms with Crippen LogP contribution in [0.25, 0.3) is 0 Å². The first kappa shape index (κ1) is 17.7. The summed E-state index contributed by atoms with van der Waals surface area (Å²) in [5.74, 6) is -0.440. The Morgan fingerprint density at radius 3 is 2.63 bits per heavy atom. The van der Waals surface area contributed by atoms with Crippen molar-refractivity contribution < 1.29 is 24.5 Å². The number of fused-ring (bicyclic) bond motifs is 2. The van der Waals surface area contributed by atoms with Gasteiger partial charge in [-0.3, -0.25) is 9.59 Å². The number of hydrogen-bond donors (Lipinski definition) is 2. The summed E-state index contributed by atoms with van der Waals surface area (Å²) in [7, 11) is 0. The molecule has 5 nitrogen and oxygen atoms in total. The molecule has 0 saturated carbocycles. The summed E-state index contributed by atoms with van der Waals surface area (Å²) < 4.78 is 6.26. The van der Waals surface area contributed by atoms with Crippen LogP contribution in [-0.4, -0.2) is 33.0 Å². The van der Waals surface area contributed by atoms with Crippen molar-refractivity contribution >= 4 is 11.6 Å². The van der Waals surface area contributed by atoms with E-state index in [1.54, 1.807) is 38.1 Å². The molecule has 0 spiro atoms. The third-order valence-electron chi connectivity index (χ3n) is 5.70. The van der Waals surface area contributed by atoms with E-state index < -0.39 is 22.5 Å². The van der Waals surface area contributed by atoms with Crippen LogP contribution in [-0.2, 0) is 9.59 Å². The van der Waals surface area contributed by atoms with Crippen molar-refractivity contribution in [3.05, 3.63) is 59.7 Å². The molecule has 0 amide bonds. The van der Waals surface area contributed by atoms with Gasteiger partial charge in [0.25, 0.3) is 0 Å². The minimum absolute atomic E-state index is 0.0632. The molecule has 0 radical (unpaired) electrons. The predicted molar refractivity (Wildman–Crippen MR) is 99.6 cm³/mol. The van der Waals surface area contributed by atoms with Crippen molar-refractivity contribution in [1.29, 1.82) is 0 Å². The fourth-order valence-corrected chi connectivity index (χ4v) is 4.55. The SMILES string of the molecule is CC1=CC2c3cc(O)ccc3OC3(C1)C(=O)C=CC(=O)C23C=CC(C)(C)O. The van der Waals surface area contributed by atoms with Crippen LogP contribution in [0.5, 0.6) is 11.5 Å². The second kappa shape index (κ2) is 5.42. The van der Waals surface area contributed by atoms with E-state index in [0.717, 1.165) is 5.57 Å². The minimum Gasteiger partial charge on any atom is -0.508 e. The highest BCUT2D eigenvalue weighted by molar-refractivity contribution is 6.15. The zero-order valence-electron chi connectivity index (χ0n) is 15.5. The highest BCUT2D eigenvalue weighted by Crippen LogP contribution is 2.62. The number of phenolic OH excluding ortho intramolecular Hbond substituents is 1. The second-order valence-electron chi connectivity index (χ2n) is 8.24. The van der Waals surface area contributed by atoms with E-state index in [2.05, 4.69) is 0 Å². The maximum Gasteiger partial charge on any atom is 0.201 e. The molecule has 0 saturated heterocycles. The van der Waals surface area contributed by atoms with Crippen molar-refractivity contribution in [2.45, 2.75) is 44.3 Å². The van der Waals surface area contributed by atoms with E-state index in [9.17, 15) is 19.8 Å². The number of rotatable bonds is 2. The van der Waals surface area contributed by atoms with Crippen LogP contribution in [0.15, 0.2) is 54.2 Å². The van der Waals surface area contributed by atoms with Crippen molar-refractivity contribution in [1.82, 2.24) is 0 Å². The van der Waals surface area contributed by atoms with Crippen LogP contribution in [0.2, 0.25) is 0 Å². The third kappa shape index (κ3) is 2.34. The number of aromatic hydroxyl groups is 1. The van der Waals surface area contributed by atoms with E-state index in [1.807, 2.05) is 13.0 Å². The first-order chi connectivity index (χ1) is 12.6. The van der Waals surface area contributed by atoms with Gasteiger partial charge in [-0.2, -0.15) is 0 Å². The van der Waals surface area contributed by atoms with Crippen LogP contribution in [0, 0.1) is 5.41 Å². The van der Waals surface area contributed by atoms with Crippen LogP contribution >= 0.6 is 0 Å². The first-order valence-electron chi connectivity index (χ1n) is 8.98. The van der Waals surface area contributed by atoms with Gasteiger partial charge in [0.15, 0.2) is 11.4 Å². The van der Waals surface area contributed by atoms with E-state index in [1.165, 1.54) is 18.2 Å². The Morgan fingerprint density at radius 2 is 1.93 bits per heavy atom. The molecule has 1 aliphatic heterocycles. The maximum atomic E-state index is 13.3. The van der Waals surface area contributed by atoms with E-state index in [4.69, 9.17) is 4.74 Å². The van der Waals surface area contributed by atoms with Crippen LogP contribution in [0.4, 0.5) is 0 Å². The molecule has 2 N–H and O–H groups in total. The van der Waals surface area contributed by atoms with Gasteiger partial charge in [-0.15, -0.1) is 0 Å². The van der Waals surface area contributed by atoms with Crippen LogP contribution in [0.1, 0.15) is 38.7 Å². The van der Waals surface area contributed by atoms with Crippen molar-refractivity contribution in [2.75, 3.05) is 0 Å². The summed E-state index contributed by atoms with van der Waals surface area (Å²) in [6.45, 7) is 5.13. The Bertz CT molecular complexity index is 946. The summed E-state index contributed by atoms with van der Waals surface area (Å²) in [6.07, 6.45) is 8.03. The molecule has 0 aromatic heterocycles. The zero-order valence-corrected chi connectivity index (χ0v) is 15.5. The molecule has 1 aromatic carbocycles. The van der Waals surface area contributed by atoms with Gasteiger partial charge in [0.05, 0.1) is 5.60 Å². The molecule has 2 bridgehead atoms. The molecule has 3 aliphatic rings. The fraction of sp³-hybridized carbons (Fsp3) is 0.364. The quantitative estimate of drug-likeness (QED) is 0.786. The van der Waals surface area contributed by atoms with Gasteiger partial charge in [0.1, 0.15) is 16.9 Å². The lowest BCUT2D eigenvalue weighted by molar-refractivity contribution is -0.156. The van der Waals surface area contributed by atoms with Crippen molar-refractivity contribution in [3.63, 3.8) is 0 Å².